The Labute approximate surface area is 198 Å². The summed E-state index contributed by atoms with van der Waals surface area (Å²) >= 11 is 0. The van der Waals surface area contributed by atoms with E-state index in [2.05, 4.69) is 16.6 Å². The molecule has 7 heteroatoms. The Bertz CT molecular complexity index is 1200. The number of aromatic nitrogens is 1. The molecule has 1 N–H and O–H groups in total. The molecule has 178 valence electrons. The number of halogens is 1. The van der Waals surface area contributed by atoms with Crippen molar-refractivity contribution in [2.75, 3.05) is 26.2 Å². The average molecular weight is 465 g/mol. The smallest absolute Gasteiger partial charge is 0.181 e. The highest BCUT2D eigenvalue weighted by molar-refractivity contribution is 6.05. The lowest BCUT2D eigenvalue weighted by Gasteiger charge is -2.33. The van der Waals surface area contributed by atoms with Gasteiger partial charge in [0.2, 0.25) is 0 Å². The van der Waals surface area contributed by atoms with Crippen molar-refractivity contribution in [1.29, 1.82) is 0 Å². The minimum atomic E-state index is -0.628. The van der Waals surface area contributed by atoms with E-state index in [9.17, 15) is 14.3 Å². The molecule has 2 aromatic rings. The van der Waals surface area contributed by atoms with Gasteiger partial charge in [0.25, 0.3) is 0 Å². The quantitative estimate of drug-likeness (QED) is 0.643. The van der Waals surface area contributed by atoms with E-state index in [1.165, 1.54) is 12.1 Å². The number of benzene rings is 1. The van der Waals surface area contributed by atoms with Crippen LogP contribution in [0.15, 0.2) is 70.5 Å². The number of β-amino-alcohol motifs (C(OH)–C–C–N with tert-alkyl or cyclic N) is 1. The van der Waals surface area contributed by atoms with Crippen molar-refractivity contribution >= 4 is 16.8 Å². The largest absolute Gasteiger partial charge is 0.491 e. The number of hydrogen-bond acceptors (Lipinski definition) is 6. The maximum absolute atomic E-state index is 13.4. The molecule has 3 aliphatic rings. The molecule has 5 rings (SSSR count). The topological polar surface area (TPSA) is 75.8 Å². The molecule has 2 aliphatic carbocycles. The molecule has 3 unspecified atom stereocenters. The van der Waals surface area contributed by atoms with Crippen molar-refractivity contribution in [3.8, 4) is 0 Å². The highest BCUT2D eigenvalue weighted by Crippen LogP contribution is 2.37. The zero-order valence-electron chi connectivity index (χ0n) is 19.2. The molecule has 6 nitrogen and oxygen atoms in total. The Morgan fingerprint density at radius 3 is 2.91 bits per heavy atom. The molecule has 0 saturated carbocycles. The molecule has 0 amide bonds. The van der Waals surface area contributed by atoms with Crippen molar-refractivity contribution in [2.24, 2.45) is 11.8 Å². The maximum Gasteiger partial charge on any atom is 0.181 e. The fourth-order valence-electron chi connectivity index (χ4n) is 5.22. The number of allylic oxidation sites excluding steroid dienone is 6. The van der Waals surface area contributed by atoms with Gasteiger partial charge in [0.05, 0.1) is 5.69 Å². The lowest BCUT2D eigenvalue weighted by Crippen LogP contribution is -2.40. The summed E-state index contributed by atoms with van der Waals surface area (Å²) in [6.45, 7) is 8.28. The second-order valence-electron chi connectivity index (χ2n) is 9.51. The molecule has 0 spiro atoms. The third-order valence-corrected chi connectivity index (χ3v) is 7.15. The summed E-state index contributed by atoms with van der Waals surface area (Å²) in [6.07, 6.45) is 8.71. The first kappa shape index (κ1) is 22.7. The van der Waals surface area contributed by atoms with Gasteiger partial charge in [-0.2, -0.15) is 0 Å². The summed E-state index contributed by atoms with van der Waals surface area (Å²) in [5.41, 5.74) is 2.98. The number of carbonyl (C=O) groups excluding carboxylic acids is 1. The van der Waals surface area contributed by atoms with Crippen LogP contribution in [0.4, 0.5) is 4.39 Å². The zero-order valence-corrected chi connectivity index (χ0v) is 19.2. The summed E-state index contributed by atoms with van der Waals surface area (Å²) in [5, 5.41) is 15.6. The summed E-state index contributed by atoms with van der Waals surface area (Å²) in [4.78, 5) is 14.3. The van der Waals surface area contributed by atoms with Crippen LogP contribution in [0.3, 0.4) is 0 Å². The second-order valence-corrected chi connectivity index (χ2v) is 9.51. The SMILES string of the molecule is C=C1C(=O)C=C(C)C2C=CC(OCC(O)CN3CCC(c4noc5cc(F)ccc45)CC3)=CC12. The summed E-state index contributed by atoms with van der Waals surface area (Å²) < 4.78 is 24.6. The van der Waals surface area contributed by atoms with Crippen LogP contribution in [-0.2, 0) is 9.53 Å². The number of carbonyl (C=O) groups is 1. The first-order chi connectivity index (χ1) is 16.4. The number of nitrogens with zero attached hydrogens (tertiary/aromatic N) is 2. The van der Waals surface area contributed by atoms with E-state index in [-0.39, 0.29) is 36.0 Å². The molecular weight excluding hydrogens is 435 g/mol. The van der Waals surface area contributed by atoms with E-state index in [4.69, 9.17) is 9.26 Å². The van der Waals surface area contributed by atoms with E-state index in [0.29, 0.717) is 23.5 Å². The minimum absolute atomic E-state index is 0.0288. The number of aliphatic hydroxyl groups is 1. The van der Waals surface area contributed by atoms with Gasteiger partial charge in [0.15, 0.2) is 11.4 Å². The Balaban J connectivity index is 1.11. The Morgan fingerprint density at radius 1 is 1.32 bits per heavy atom. The van der Waals surface area contributed by atoms with E-state index < -0.39 is 6.10 Å². The van der Waals surface area contributed by atoms with Crippen LogP contribution in [0.1, 0.15) is 31.4 Å². The van der Waals surface area contributed by atoms with Crippen molar-refractivity contribution in [3.05, 3.63) is 77.5 Å². The second kappa shape index (κ2) is 9.31. The summed E-state index contributed by atoms with van der Waals surface area (Å²) in [7, 11) is 0. The molecule has 2 heterocycles. The maximum atomic E-state index is 13.4. The Kier molecular flexibility index (Phi) is 6.23. The van der Waals surface area contributed by atoms with Crippen molar-refractivity contribution in [3.63, 3.8) is 0 Å². The van der Waals surface area contributed by atoms with Gasteiger partial charge in [0.1, 0.15) is 24.3 Å². The van der Waals surface area contributed by atoms with Crippen LogP contribution in [0.5, 0.6) is 0 Å². The van der Waals surface area contributed by atoms with Crippen LogP contribution in [0, 0.1) is 17.7 Å². The third kappa shape index (κ3) is 4.50. The number of rotatable bonds is 6. The standard InChI is InChI=1S/C27H29FN2O4/c1-16-11-25(32)17(2)24-13-21(4-6-22(16)24)33-15-20(31)14-30-9-7-18(8-10-30)27-23-5-3-19(28)12-26(23)34-29-27/h3-6,11-13,18,20,22,24,31H,2,7-10,14-15H2,1H3. The molecule has 34 heavy (non-hydrogen) atoms. The van der Waals surface area contributed by atoms with Gasteiger partial charge in [-0.3, -0.25) is 4.79 Å². The average Bonchev–Trinajstić information content (AvgIpc) is 3.24. The lowest BCUT2D eigenvalue weighted by molar-refractivity contribution is -0.112. The molecule has 1 fully saturated rings. The number of ketones is 1. The number of piperidine rings is 1. The van der Waals surface area contributed by atoms with Gasteiger partial charge < -0.3 is 19.3 Å². The highest BCUT2D eigenvalue weighted by Gasteiger charge is 2.32. The van der Waals surface area contributed by atoms with Gasteiger partial charge >= 0.3 is 0 Å². The highest BCUT2D eigenvalue weighted by atomic mass is 19.1. The van der Waals surface area contributed by atoms with Crippen LogP contribution in [-0.4, -0.2) is 53.3 Å². The number of hydrogen-bond donors (Lipinski definition) is 1. The first-order valence-corrected chi connectivity index (χ1v) is 11.8. The van der Waals surface area contributed by atoms with Crippen LogP contribution in [0.25, 0.3) is 11.0 Å². The first-order valence-electron chi connectivity index (χ1n) is 11.8. The fraction of sp³-hybridized carbons (Fsp3) is 0.407. The molecule has 0 radical (unpaired) electrons. The molecule has 0 bridgehead atoms. The zero-order chi connectivity index (χ0) is 23.8. The van der Waals surface area contributed by atoms with Gasteiger partial charge in [0, 0.05) is 41.3 Å². The van der Waals surface area contributed by atoms with E-state index >= 15 is 0 Å². The fourth-order valence-corrected chi connectivity index (χ4v) is 5.22. The molecule has 1 aliphatic heterocycles. The van der Waals surface area contributed by atoms with Crippen LogP contribution in [0.2, 0.25) is 0 Å². The number of likely N-dealkylation sites (tertiary alicyclic amines) is 1. The van der Waals surface area contributed by atoms with Gasteiger partial charge in [-0.25, -0.2) is 4.39 Å². The molecule has 1 aromatic carbocycles. The monoisotopic (exact) mass is 464 g/mol. The summed E-state index contributed by atoms with van der Waals surface area (Å²) in [5.74, 6) is 0.619. The van der Waals surface area contributed by atoms with Gasteiger partial charge in [-0.05, 0) is 63.2 Å². The normalized spacial score (nSPS) is 24.7. The van der Waals surface area contributed by atoms with Crippen molar-refractivity contribution in [1.82, 2.24) is 10.1 Å². The van der Waals surface area contributed by atoms with Gasteiger partial charge in [-0.15, -0.1) is 0 Å². The van der Waals surface area contributed by atoms with Gasteiger partial charge in [-0.1, -0.05) is 23.4 Å². The molecule has 1 aromatic heterocycles. The van der Waals surface area contributed by atoms with E-state index in [1.54, 1.807) is 12.1 Å². The predicted molar refractivity (Wildman–Crippen MR) is 126 cm³/mol. The molecule has 1 saturated heterocycles. The summed E-state index contributed by atoms with van der Waals surface area (Å²) in [6, 6.07) is 4.54. The Hall–Kier alpha value is -3.03. The number of aliphatic hydroxyl groups excluding tert-OH is 1. The lowest BCUT2D eigenvalue weighted by atomic mass is 9.73. The minimum Gasteiger partial charge on any atom is -0.491 e. The van der Waals surface area contributed by atoms with Crippen molar-refractivity contribution in [2.45, 2.75) is 31.8 Å². The van der Waals surface area contributed by atoms with Crippen LogP contribution >= 0.6 is 0 Å². The Morgan fingerprint density at radius 2 is 2.12 bits per heavy atom. The predicted octanol–water partition coefficient (Wildman–Crippen LogP) is 4.30. The van der Waals surface area contributed by atoms with Crippen molar-refractivity contribution < 1.29 is 23.6 Å². The third-order valence-electron chi connectivity index (χ3n) is 7.15. The molecule has 3 atom stereocenters. The van der Waals surface area contributed by atoms with E-state index in [1.807, 2.05) is 25.2 Å². The molecular formula is C27H29FN2O4. The van der Waals surface area contributed by atoms with Crippen LogP contribution < -0.4 is 0 Å². The number of fused-ring (bicyclic) bond motifs is 2. The van der Waals surface area contributed by atoms with E-state index in [0.717, 1.165) is 42.6 Å². The number of ether oxygens (including phenoxy) is 1.